The van der Waals surface area contributed by atoms with Crippen LogP contribution in [0.1, 0.15) is 53.4 Å². The van der Waals surface area contributed by atoms with Gasteiger partial charge in [-0.1, -0.05) is 26.0 Å². The predicted octanol–water partition coefficient (Wildman–Crippen LogP) is 1.61. The fourth-order valence-corrected chi connectivity index (χ4v) is 7.59. The van der Waals surface area contributed by atoms with E-state index in [4.69, 9.17) is 4.74 Å². The molecule has 2 bridgehead atoms. The molecule has 0 aromatic heterocycles. The van der Waals surface area contributed by atoms with Crippen LogP contribution in [0.3, 0.4) is 0 Å². The zero-order chi connectivity index (χ0) is 20.9. The van der Waals surface area contributed by atoms with E-state index in [1.807, 2.05) is 13.8 Å². The molecule has 28 heavy (non-hydrogen) atoms. The van der Waals surface area contributed by atoms with Crippen molar-refractivity contribution in [2.75, 3.05) is 6.61 Å². The van der Waals surface area contributed by atoms with Crippen LogP contribution in [0.25, 0.3) is 0 Å². The summed E-state index contributed by atoms with van der Waals surface area (Å²) >= 11 is 0. The molecule has 3 N–H and O–H groups in total. The van der Waals surface area contributed by atoms with Crippen molar-refractivity contribution < 1.29 is 29.6 Å². The van der Waals surface area contributed by atoms with Gasteiger partial charge in [0, 0.05) is 18.3 Å². The van der Waals surface area contributed by atoms with Crippen molar-refractivity contribution in [3.8, 4) is 0 Å². The average molecular weight is 392 g/mol. The topological polar surface area (TPSA) is 104 Å². The number of carbonyl (C=O) groups excluding carboxylic acids is 2. The largest absolute Gasteiger partial charge is 0.391 e. The molecule has 5 unspecified atom stereocenters. The smallest absolute Gasteiger partial charge is 0.208 e. The second-order valence-electron chi connectivity index (χ2n) is 10.3. The number of carbonyl (C=O) groups is 2. The standard InChI is InChI=1S/C22H32O6/c1-11(2)13-6-7-14-20-10-28-22(27,21(14,12(3)23)17(13)25)18(26)16(20)19(4,5)9-8-15(20)24/h13-14,16-18,25-27H,1,6-10H2,2-5H3/t13?,14-,16?,17+,18?,20?,21?,22+/m0/s1. The Morgan fingerprint density at radius 3 is 2.39 bits per heavy atom. The summed E-state index contributed by atoms with van der Waals surface area (Å²) in [5, 5.41) is 34.5. The monoisotopic (exact) mass is 392 g/mol. The Bertz CT molecular complexity index is 758. The molecule has 3 aliphatic carbocycles. The van der Waals surface area contributed by atoms with Crippen LogP contribution < -0.4 is 0 Å². The molecule has 0 aromatic rings. The molecule has 2 aliphatic heterocycles. The van der Waals surface area contributed by atoms with Crippen molar-refractivity contribution in [1.82, 2.24) is 0 Å². The SMILES string of the molecule is C=C(C)C1CC[C@H]2C34CO[C@](O)(C(O)C3C(C)(C)CCC4=O)C2(C(C)=O)[C@@H]1O. The summed E-state index contributed by atoms with van der Waals surface area (Å²) in [6.07, 6.45) is -0.643. The van der Waals surface area contributed by atoms with Crippen LogP contribution in [0.5, 0.6) is 0 Å². The van der Waals surface area contributed by atoms with Crippen LogP contribution in [0.2, 0.25) is 0 Å². The van der Waals surface area contributed by atoms with Gasteiger partial charge in [-0.25, -0.2) is 0 Å². The predicted molar refractivity (Wildman–Crippen MR) is 101 cm³/mol. The third-order valence-electron chi connectivity index (χ3n) is 8.75. The Labute approximate surface area is 166 Å². The second kappa shape index (κ2) is 5.75. The molecule has 0 radical (unpaired) electrons. The van der Waals surface area contributed by atoms with Crippen LogP contribution in [-0.4, -0.2) is 51.5 Å². The molecule has 156 valence electrons. The fourth-order valence-electron chi connectivity index (χ4n) is 7.59. The summed E-state index contributed by atoms with van der Waals surface area (Å²) in [7, 11) is 0. The Hall–Kier alpha value is -1.08. The zero-order valence-corrected chi connectivity index (χ0v) is 17.2. The Morgan fingerprint density at radius 1 is 1.18 bits per heavy atom. The van der Waals surface area contributed by atoms with Crippen molar-refractivity contribution >= 4 is 11.6 Å². The van der Waals surface area contributed by atoms with Gasteiger partial charge in [0.2, 0.25) is 5.79 Å². The van der Waals surface area contributed by atoms with Gasteiger partial charge >= 0.3 is 0 Å². The minimum atomic E-state index is -2.22. The summed E-state index contributed by atoms with van der Waals surface area (Å²) in [4.78, 5) is 26.6. The van der Waals surface area contributed by atoms with Gasteiger partial charge in [-0.05, 0) is 44.4 Å². The first-order chi connectivity index (χ1) is 12.9. The van der Waals surface area contributed by atoms with Crippen molar-refractivity contribution in [3.05, 3.63) is 12.2 Å². The van der Waals surface area contributed by atoms with Gasteiger partial charge in [0.05, 0.1) is 18.1 Å². The van der Waals surface area contributed by atoms with Gasteiger partial charge in [0.1, 0.15) is 23.1 Å². The van der Waals surface area contributed by atoms with Crippen molar-refractivity contribution in [2.45, 2.75) is 71.4 Å². The molecule has 5 fully saturated rings. The number of ketones is 2. The van der Waals surface area contributed by atoms with Crippen LogP contribution in [0.4, 0.5) is 0 Å². The highest BCUT2D eigenvalue weighted by molar-refractivity contribution is 5.92. The molecule has 0 aromatic carbocycles. The molecule has 2 saturated heterocycles. The molecule has 8 atom stereocenters. The number of hydrogen-bond donors (Lipinski definition) is 3. The third-order valence-corrected chi connectivity index (χ3v) is 8.75. The van der Waals surface area contributed by atoms with Gasteiger partial charge in [-0.3, -0.25) is 9.59 Å². The fraction of sp³-hybridized carbons (Fsp3) is 0.818. The average Bonchev–Trinajstić information content (AvgIpc) is 2.59. The lowest BCUT2D eigenvalue weighted by atomic mass is 9.34. The first-order valence-electron chi connectivity index (χ1n) is 10.3. The molecule has 6 heteroatoms. The normalized spacial score (nSPS) is 52.0. The Kier molecular flexibility index (Phi) is 4.15. The first-order valence-corrected chi connectivity index (χ1v) is 10.3. The summed E-state index contributed by atoms with van der Waals surface area (Å²) in [6.45, 7) is 11.1. The van der Waals surface area contributed by atoms with Crippen LogP contribution in [0.15, 0.2) is 12.2 Å². The minimum absolute atomic E-state index is 0.0162. The highest BCUT2D eigenvalue weighted by Crippen LogP contribution is 2.73. The molecule has 5 rings (SSSR count). The zero-order valence-electron chi connectivity index (χ0n) is 17.2. The number of Topliss-reactive ketones (excluding diaryl/α,β-unsaturated/α-hetero) is 2. The summed E-state index contributed by atoms with van der Waals surface area (Å²) in [6, 6.07) is 0. The van der Waals surface area contributed by atoms with Crippen LogP contribution in [0, 0.1) is 34.0 Å². The van der Waals surface area contributed by atoms with Crippen molar-refractivity contribution in [3.63, 3.8) is 0 Å². The van der Waals surface area contributed by atoms with E-state index >= 15 is 0 Å². The molecule has 5 aliphatic rings. The minimum Gasteiger partial charge on any atom is -0.391 e. The maximum absolute atomic E-state index is 13.4. The summed E-state index contributed by atoms with van der Waals surface area (Å²) < 4.78 is 5.81. The van der Waals surface area contributed by atoms with Crippen molar-refractivity contribution in [2.24, 2.45) is 34.0 Å². The van der Waals surface area contributed by atoms with E-state index in [0.717, 1.165) is 5.57 Å². The summed E-state index contributed by atoms with van der Waals surface area (Å²) in [5.74, 6) is -4.17. The second-order valence-corrected chi connectivity index (χ2v) is 10.3. The van der Waals surface area contributed by atoms with E-state index in [9.17, 15) is 24.9 Å². The molecule has 6 nitrogen and oxygen atoms in total. The van der Waals surface area contributed by atoms with E-state index in [-0.39, 0.29) is 12.4 Å². The number of hydrogen-bond acceptors (Lipinski definition) is 6. The molecule has 2 heterocycles. The molecular formula is C22H32O6. The van der Waals surface area contributed by atoms with E-state index in [0.29, 0.717) is 25.7 Å². The van der Waals surface area contributed by atoms with Gasteiger partial charge in [0.25, 0.3) is 0 Å². The highest BCUT2D eigenvalue weighted by atomic mass is 16.6. The summed E-state index contributed by atoms with van der Waals surface area (Å²) in [5.41, 5.74) is -2.50. The number of aliphatic hydroxyl groups is 3. The lowest BCUT2D eigenvalue weighted by Crippen LogP contribution is -2.86. The quantitative estimate of drug-likeness (QED) is 0.617. The maximum Gasteiger partial charge on any atom is 0.208 e. The molecular weight excluding hydrogens is 360 g/mol. The van der Waals surface area contributed by atoms with Crippen molar-refractivity contribution in [1.29, 1.82) is 0 Å². The van der Waals surface area contributed by atoms with Gasteiger partial charge in [0.15, 0.2) is 0 Å². The van der Waals surface area contributed by atoms with E-state index < -0.39 is 57.8 Å². The van der Waals surface area contributed by atoms with Crippen LogP contribution >= 0.6 is 0 Å². The number of ether oxygens (including phenoxy) is 1. The van der Waals surface area contributed by atoms with Gasteiger partial charge in [-0.15, -0.1) is 0 Å². The van der Waals surface area contributed by atoms with Gasteiger partial charge in [-0.2, -0.15) is 0 Å². The van der Waals surface area contributed by atoms with E-state index in [1.165, 1.54) is 6.92 Å². The number of rotatable bonds is 2. The Balaban J connectivity index is 2.01. The maximum atomic E-state index is 13.4. The van der Waals surface area contributed by atoms with E-state index in [2.05, 4.69) is 6.58 Å². The third kappa shape index (κ3) is 1.93. The first kappa shape index (κ1) is 20.2. The number of fused-ring (bicyclic) bond motifs is 1. The lowest BCUT2D eigenvalue weighted by Gasteiger charge is -2.74. The van der Waals surface area contributed by atoms with E-state index in [1.54, 1.807) is 6.92 Å². The molecule has 3 saturated carbocycles. The highest BCUT2D eigenvalue weighted by Gasteiger charge is 2.84. The Morgan fingerprint density at radius 2 is 1.82 bits per heavy atom. The molecule has 0 amide bonds. The van der Waals surface area contributed by atoms with Crippen LogP contribution in [-0.2, 0) is 14.3 Å². The number of aliphatic hydroxyl groups excluding tert-OH is 2. The van der Waals surface area contributed by atoms with Gasteiger partial charge < -0.3 is 20.1 Å². The molecule has 1 spiro atoms. The lowest BCUT2D eigenvalue weighted by molar-refractivity contribution is -0.441.